The molecule has 1 atom stereocenters. The standard InChI is InChI=1S/C17H17N3O4S/c1-9-7-11(10(2)24-9)16(22)20-19-15(21)8-14-17(23)18-12-5-3-4-6-13(12)25-14/h3-7,14H,8H2,1-2H3,(H,18,23)(H,19,21)(H,20,22). The lowest BCUT2D eigenvalue weighted by Crippen LogP contribution is -2.44. The minimum Gasteiger partial charge on any atom is -0.466 e. The van der Waals surface area contributed by atoms with E-state index in [-0.39, 0.29) is 12.3 Å². The first-order chi connectivity index (χ1) is 11.9. The van der Waals surface area contributed by atoms with Gasteiger partial charge in [0.2, 0.25) is 11.8 Å². The van der Waals surface area contributed by atoms with Crippen molar-refractivity contribution < 1.29 is 18.8 Å². The Morgan fingerprint density at radius 3 is 2.72 bits per heavy atom. The molecule has 3 amide bonds. The molecule has 1 aromatic heterocycles. The summed E-state index contributed by atoms with van der Waals surface area (Å²) in [5.74, 6) is -0.0514. The fraction of sp³-hybridized carbons (Fsp3) is 0.235. The summed E-state index contributed by atoms with van der Waals surface area (Å²) in [6.07, 6.45) is -0.0471. The van der Waals surface area contributed by atoms with E-state index in [1.807, 2.05) is 24.3 Å². The summed E-state index contributed by atoms with van der Waals surface area (Å²) in [7, 11) is 0. The lowest BCUT2D eigenvalue weighted by Gasteiger charge is -2.23. The predicted molar refractivity (Wildman–Crippen MR) is 93.1 cm³/mol. The van der Waals surface area contributed by atoms with Gasteiger partial charge in [-0.2, -0.15) is 0 Å². The second kappa shape index (κ2) is 7.02. The molecule has 0 fully saturated rings. The fourth-order valence-electron chi connectivity index (χ4n) is 2.50. The van der Waals surface area contributed by atoms with Crippen LogP contribution in [0.4, 0.5) is 5.69 Å². The molecular formula is C17H17N3O4S. The van der Waals surface area contributed by atoms with Crippen LogP contribution in [-0.4, -0.2) is 23.0 Å². The van der Waals surface area contributed by atoms with Gasteiger partial charge in [-0.1, -0.05) is 12.1 Å². The Balaban J connectivity index is 1.55. The van der Waals surface area contributed by atoms with Crippen molar-refractivity contribution in [2.75, 3.05) is 5.32 Å². The van der Waals surface area contributed by atoms with Gasteiger partial charge in [0.05, 0.1) is 16.5 Å². The molecule has 3 rings (SSSR count). The molecule has 1 aliphatic rings. The Bertz CT molecular complexity index is 846. The highest BCUT2D eigenvalue weighted by Crippen LogP contribution is 2.36. The molecule has 0 saturated carbocycles. The zero-order chi connectivity index (χ0) is 18.0. The molecule has 0 bridgehead atoms. The van der Waals surface area contributed by atoms with Gasteiger partial charge in [0, 0.05) is 11.3 Å². The molecular weight excluding hydrogens is 342 g/mol. The minimum absolute atomic E-state index is 0.0471. The maximum absolute atomic E-state index is 12.1. The molecule has 2 heterocycles. The van der Waals surface area contributed by atoms with Gasteiger partial charge in [0.1, 0.15) is 11.5 Å². The molecule has 2 aromatic rings. The van der Waals surface area contributed by atoms with Crippen LogP contribution in [0.25, 0.3) is 0 Å². The number of fused-ring (bicyclic) bond motifs is 1. The summed E-state index contributed by atoms with van der Waals surface area (Å²) >= 11 is 1.33. The van der Waals surface area contributed by atoms with E-state index in [4.69, 9.17) is 4.42 Å². The van der Waals surface area contributed by atoms with E-state index in [0.29, 0.717) is 17.1 Å². The van der Waals surface area contributed by atoms with Gasteiger partial charge in [-0.15, -0.1) is 11.8 Å². The number of nitrogens with one attached hydrogen (secondary N) is 3. The SMILES string of the molecule is Cc1cc(C(=O)NNC(=O)CC2Sc3ccccc3NC2=O)c(C)o1. The maximum Gasteiger partial charge on any atom is 0.273 e. The first-order valence-electron chi connectivity index (χ1n) is 7.67. The number of furan rings is 1. The summed E-state index contributed by atoms with van der Waals surface area (Å²) in [4.78, 5) is 37.1. The number of carbonyl (C=O) groups is 3. The molecule has 1 aliphatic heterocycles. The highest BCUT2D eigenvalue weighted by atomic mass is 32.2. The molecule has 3 N–H and O–H groups in total. The van der Waals surface area contributed by atoms with Crippen LogP contribution in [0.3, 0.4) is 0 Å². The van der Waals surface area contributed by atoms with E-state index in [1.54, 1.807) is 19.9 Å². The number of hydrogen-bond acceptors (Lipinski definition) is 5. The Morgan fingerprint density at radius 2 is 2.00 bits per heavy atom. The van der Waals surface area contributed by atoms with Crippen molar-refractivity contribution in [3.63, 3.8) is 0 Å². The van der Waals surface area contributed by atoms with Crippen molar-refractivity contribution in [2.24, 2.45) is 0 Å². The minimum atomic E-state index is -0.551. The number of hydrogen-bond donors (Lipinski definition) is 3. The van der Waals surface area contributed by atoms with Crippen LogP contribution in [0.5, 0.6) is 0 Å². The molecule has 130 valence electrons. The van der Waals surface area contributed by atoms with Crippen LogP contribution < -0.4 is 16.2 Å². The molecule has 8 heteroatoms. The average molecular weight is 359 g/mol. The van der Waals surface area contributed by atoms with E-state index < -0.39 is 17.1 Å². The predicted octanol–water partition coefficient (Wildman–Crippen LogP) is 2.16. The van der Waals surface area contributed by atoms with Crippen LogP contribution in [0.1, 0.15) is 28.3 Å². The van der Waals surface area contributed by atoms with Gasteiger partial charge < -0.3 is 9.73 Å². The molecule has 0 spiro atoms. The van der Waals surface area contributed by atoms with E-state index in [2.05, 4.69) is 16.2 Å². The normalized spacial score (nSPS) is 15.9. The number of benzene rings is 1. The van der Waals surface area contributed by atoms with Crippen LogP contribution in [0.2, 0.25) is 0 Å². The number of hydrazine groups is 1. The topological polar surface area (TPSA) is 100 Å². The summed E-state index contributed by atoms with van der Waals surface area (Å²) in [5, 5.41) is 2.23. The lowest BCUT2D eigenvalue weighted by atomic mass is 10.2. The van der Waals surface area contributed by atoms with Crippen molar-refractivity contribution in [1.82, 2.24) is 10.9 Å². The van der Waals surface area contributed by atoms with Crippen LogP contribution in [0.15, 0.2) is 39.6 Å². The Hall–Kier alpha value is -2.74. The number of amides is 3. The third-order valence-corrected chi connectivity index (χ3v) is 4.95. The van der Waals surface area contributed by atoms with E-state index in [1.165, 1.54) is 11.8 Å². The van der Waals surface area contributed by atoms with Crippen molar-refractivity contribution in [2.45, 2.75) is 30.4 Å². The maximum atomic E-state index is 12.1. The van der Waals surface area contributed by atoms with Gasteiger partial charge >= 0.3 is 0 Å². The third kappa shape index (κ3) is 3.85. The average Bonchev–Trinajstić information content (AvgIpc) is 2.92. The van der Waals surface area contributed by atoms with E-state index in [0.717, 1.165) is 10.6 Å². The summed E-state index contributed by atoms with van der Waals surface area (Å²) < 4.78 is 5.28. The van der Waals surface area contributed by atoms with Crippen molar-refractivity contribution in [3.05, 3.63) is 47.4 Å². The number of rotatable bonds is 3. The molecule has 1 aromatic carbocycles. The zero-order valence-corrected chi connectivity index (χ0v) is 14.5. The molecule has 25 heavy (non-hydrogen) atoms. The number of thioether (sulfide) groups is 1. The zero-order valence-electron chi connectivity index (χ0n) is 13.7. The quantitative estimate of drug-likeness (QED) is 0.729. The van der Waals surface area contributed by atoms with Crippen LogP contribution in [-0.2, 0) is 9.59 Å². The van der Waals surface area contributed by atoms with E-state index >= 15 is 0 Å². The molecule has 0 radical (unpaired) electrons. The number of anilines is 1. The summed E-state index contributed by atoms with van der Waals surface area (Å²) in [6, 6.07) is 9.00. The van der Waals surface area contributed by atoms with Gasteiger partial charge in [-0.05, 0) is 32.0 Å². The van der Waals surface area contributed by atoms with Crippen molar-refractivity contribution >= 4 is 35.2 Å². The molecule has 1 unspecified atom stereocenters. The largest absolute Gasteiger partial charge is 0.466 e. The smallest absolute Gasteiger partial charge is 0.273 e. The second-order valence-electron chi connectivity index (χ2n) is 5.63. The Kier molecular flexibility index (Phi) is 4.80. The monoisotopic (exact) mass is 359 g/mol. The van der Waals surface area contributed by atoms with Gasteiger partial charge in [0.25, 0.3) is 5.91 Å². The van der Waals surface area contributed by atoms with E-state index in [9.17, 15) is 14.4 Å². The number of para-hydroxylation sites is 1. The highest BCUT2D eigenvalue weighted by Gasteiger charge is 2.29. The van der Waals surface area contributed by atoms with Crippen LogP contribution in [0, 0.1) is 13.8 Å². The number of aryl methyl sites for hydroxylation is 2. The first kappa shape index (κ1) is 17.1. The Morgan fingerprint density at radius 1 is 1.24 bits per heavy atom. The Labute approximate surface area is 148 Å². The summed E-state index contributed by atoms with van der Waals surface area (Å²) in [6.45, 7) is 3.41. The first-order valence-corrected chi connectivity index (χ1v) is 8.55. The summed E-state index contributed by atoms with van der Waals surface area (Å²) in [5.41, 5.74) is 5.77. The van der Waals surface area contributed by atoms with Gasteiger partial charge in [-0.3, -0.25) is 25.2 Å². The second-order valence-corrected chi connectivity index (χ2v) is 6.87. The van der Waals surface area contributed by atoms with Gasteiger partial charge in [0.15, 0.2) is 0 Å². The molecule has 7 nitrogen and oxygen atoms in total. The fourth-order valence-corrected chi connectivity index (χ4v) is 3.61. The van der Waals surface area contributed by atoms with Crippen molar-refractivity contribution in [1.29, 1.82) is 0 Å². The van der Waals surface area contributed by atoms with Crippen molar-refractivity contribution in [3.8, 4) is 0 Å². The molecule has 0 saturated heterocycles. The lowest BCUT2D eigenvalue weighted by molar-refractivity contribution is -0.124. The van der Waals surface area contributed by atoms with Gasteiger partial charge in [-0.25, -0.2) is 0 Å². The highest BCUT2D eigenvalue weighted by molar-refractivity contribution is 8.01. The molecule has 0 aliphatic carbocycles. The third-order valence-electron chi connectivity index (χ3n) is 3.68. The van der Waals surface area contributed by atoms with Crippen LogP contribution >= 0.6 is 11.8 Å². The number of carbonyl (C=O) groups excluding carboxylic acids is 3.